The Hall–Kier alpha value is -1.92. The largest absolute Gasteiger partial charge is 0.481 e. The van der Waals surface area contributed by atoms with E-state index in [-0.39, 0.29) is 6.42 Å². The summed E-state index contributed by atoms with van der Waals surface area (Å²) in [7, 11) is 0. The maximum absolute atomic E-state index is 11.3. The van der Waals surface area contributed by atoms with Crippen molar-refractivity contribution in [2.24, 2.45) is 11.8 Å². The average Bonchev–Trinajstić information content (AvgIpc) is 3.48. The summed E-state index contributed by atoms with van der Waals surface area (Å²) in [6.45, 7) is 1.68. The molecule has 0 unspecified atom stereocenters. The molecule has 2 aliphatic carbocycles. The van der Waals surface area contributed by atoms with Gasteiger partial charge in [-0.1, -0.05) is 44.2 Å². The van der Waals surface area contributed by atoms with Gasteiger partial charge in [0.1, 0.15) is 5.82 Å². The lowest BCUT2D eigenvalue weighted by Gasteiger charge is -2.54. The number of fused-ring (bicyclic) bond motifs is 5. The second kappa shape index (κ2) is 11.2. The van der Waals surface area contributed by atoms with Gasteiger partial charge in [-0.3, -0.25) is 14.6 Å². The molecule has 39 heavy (non-hydrogen) atoms. The zero-order valence-corrected chi connectivity index (χ0v) is 23.7. The van der Waals surface area contributed by atoms with Crippen molar-refractivity contribution in [3.8, 4) is 0 Å². The van der Waals surface area contributed by atoms with Crippen molar-refractivity contribution in [2.75, 3.05) is 13.1 Å². The number of carboxylic acid groups (broad SMARTS) is 1. The number of aliphatic carboxylic acids is 1. The molecule has 4 heterocycles. The van der Waals surface area contributed by atoms with Crippen LogP contribution in [0.15, 0.2) is 24.3 Å². The van der Waals surface area contributed by atoms with E-state index in [2.05, 4.69) is 38.6 Å². The molecule has 2 saturated carbocycles. The fourth-order valence-corrected chi connectivity index (χ4v) is 9.82. The molecule has 212 valence electrons. The van der Waals surface area contributed by atoms with Crippen molar-refractivity contribution >= 4 is 17.0 Å². The van der Waals surface area contributed by atoms with E-state index in [0.717, 1.165) is 61.3 Å². The van der Waals surface area contributed by atoms with Crippen LogP contribution >= 0.6 is 0 Å². The molecule has 6 heteroatoms. The van der Waals surface area contributed by atoms with Crippen molar-refractivity contribution in [1.82, 2.24) is 19.4 Å². The van der Waals surface area contributed by atoms with E-state index < -0.39 is 5.97 Å². The number of para-hydroxylation sites is 2. The topological polar surface area (TPSA) is 61.6 Å². The monoisotopic (exact) mass is 532 g/mol. The molecule has 0 radical (unpaired) electrons. The summed E-state index contributed by atoms with van der Waals surface area (Å²) in [5, 5.41) is 9.27. The fraction of sp³-hybridized carbons (Fsp3) is 0.758. The summed E-state index contributed by atoms with van der Waals surface area (Å²) in [5.41, 5.74) is 2.44. The van der Waals surface area contributed by atoms with Gasteiger partial charge in [0.2, 0.25) is 0 Å². The second-order valence-electron chi connectivity index (χ2n) is 13.8. The molecular weight excluding hydrogens is 484 g/mol. The van der Waals surface area contributed by atoms with Crippen LogP contribution in [0.2, 0.25) is 0 Å². The van der Waals surface area contributed by atoms with Crippen LogP contribution in [0.4, 0.5) is 0 Å². The highest BCUT2D eigenvalue weighted by Crippen LogP contribution is 2.47. The number of carboxylic acids is 1. The number of nitrogens with zero attached hydrogens (tertiary/aromatic N) is 4. The van der Waals surface area contributed by atoms with Crippen molar-refractivity contribution in [2.45, 2.75) is 133 Å². The van der Waals surface area contributed by atoms with Gasteiger partial charge in [-0.2, -0.15) is 0 Å². The third kappa shape index (κ3) is 5.28. The van der Waals surface area contributed by atoms with Gasteiger partial charge in [-0.25, -0.2) is 4.98 Å². The highest BCUT2D eigenvalue weighted by Gasteiger charge is 2.45. The minimum Gasteiger partial charge on any atom is -0.481 e. The Labute approximate surface area is 234 Å². The van der Waals surface area contributed by atoms with Gasteiger partial charge >= 0.3 is 5.97 Å². The van der Waals surface area contributed by atoms with Crippen LogP contribution in [-0.4, -0.2) is 67.7 Å². The van der Waals surface area contributed by atoms with Crippen LogP contribution in [0.1, 0.15) is 108 Å². The number of likely N-dealkylation sites (tertiary alicyclic amines) is 1. The summed E-state index contributed by atoms with van der Waals surface area (Å²) in [6.07, 6.45) is 20.5. The van der Waals surface area contributed by atoms with E-state index >= 15 is 0 Å². The first-order chi connectivity index (χ1) is 19.1. The van der Waals surface area contributed by atoms with Crippen LogP contribution in [0, 0.1) is 11.8 Å². The van der Waals surface area contributed by atoms with Gasteiger partial charge in [0.05, 0.1) is 17.5 Å². The smallest absolute Gasteiger partial charge is 0.304 e. The van der Waals surface area contributed by atoms with E-state index in [4.69, 9.17) is 4.98 Å². The molecule has 6 nitrogen and oxygen atoms in total. The van der Waals surface area contributed by atoms with E-state index in [0.29, 0.717) is 18.6 Å². The van der Waals surface area contributed by atoms with Gasteiger partial charge < -0.3 is 9.67 Å². The maximum atomic E-state index is 11.3. The third-order valence-electron chi connectivity index (χ3n) is 11.3. The van der Waals surface area contributed by atoms with Crippen molar-refractivity contribution in [1.29, 1.82) is 0 Å². The van der Waals surface area contributed by atoms with E-state index in [1.807, 2.05) is 0 Å². The number of carbonyl (C=O) groups is 1. The molecule has 5 aliphatic rings. The number of piperidine rings is 2. The van der Waals surface area contributed by atoms with Crippen molar-refractivity contribution in [3.63, 3.8) is 0 Å². The van der Waals surface area contributed by atoms with Gasteiger partial charge in [-0.05, 0) is 88.3 Å². The first-order valence-electron chi connectivity index (χ1n) is 16.3. The SMILES string of the molecule is O=C(O)CCN1CCC[C@H]1Cc1nc2ccccc2n1[C@@H]1C[C@H]2CCC[C@@H](C1)N2[C@H]1C[C@@H]2CCCC[C@@H](C2)C1. The Bertz CT molecular complexity index is 1130. The summed E-state index contributed by atoms with van der Waals surface area (Å²) >= 11 is 0. The molecule has 7 rings (SSSR count). The number of hydrogen-bond acceptors (Lipinski definition) is 4. The Balaban J connectivity index is 1.14. The van der Waals surface area contributed by atoms with Crippen LogP contribution in [0.25, 0.3) is 11.0 Å². The summed E-state index contributed by atoms with van der Waals surface area (Å²) in [6, 6.07) is 12.0. The molecule has 1 aromatic carbocycles. The maximum Gasteiger partial charge on any atom is 0.304 e. The van der Waals surface area contributed by atoms with Crippen molar-refractivity contribution < 1.29 is 9.90 Å². The zero-order chi connectivity index (χ0) is 26.3. The molecular formula is C33H48N4O2. The van der Waals surface area contributed by atoms with Gasteiger partial charge in [0.15, 0.2) is 0 Å². The Kier molecular flexibility index (Phi) is 7.44. The lowest BCUT2D eigenvalue weighted by atomic mass is 9.73. The van der Waals surface area contributed by atoms with Crippen molar-refractivity contribution in [3.05, 3.63) is 30.1 Å². The second-order valence-corrected chi connectivity index (χ2v) is 13.8. The normalized spacial score (nSPS) is 35.7. The first kappa shape index (κ1) is 26.0. The van der Waals surface area contributed by atoms with Crippen LogP contribution < -0.4 is 0 Å². The van der Waals surface area contributed by atoms with E-state index in [9.17, 15) is 9.90 Å². The lowest BCUT2D eigenvalue weighted by Crippen LogP contribution is -2.58. The molecule has 4 bridgehead atoms. The van der Waals surface area contributed by atoms with E-state index in [1.165, 1.54) is 88.4 Å². The third-order valence-corrected chi connectivity index (χ3v) is 11.3. The highest BCUT2D eigenvalue weighted by molar-refractivity contribution is 5.76. The molecule has 1 aromatic heterocycles. The number of aromatic nitrogens is 2. The van der Waals surface area contributed by atoms with Gasteiger partial charge in [0, 0.05) is 43.2 Å². The Morgan fingerprint density at radius 3 is 2.31 bits per heavy atom. The van der Waals surface area contributed by atoms with Crippen LogP contribution in [-0.2, 0) is 11.2 Å². The van der Waals surface area contributed by atoms with E-state index in [1.54, 1.807) is 0 Å². The standard InChI is InChI=1S/C33H48N4O2/c38-33(39)14-16-35-15-6-11-25(35)22-32-34-30-12-3-4-13-31(30)37(32)29-20-26-9-5-10-27(21-29)36(26)28-18-23-7-1-2-8-24(17-23)19-28/h3-4,12-13,23-29H,1-2,5-11,14-22H2,(H,38,39)/t23-,24+,25-,26-,27+,28+,29-/m0/s1. The number of benzene rings is 1. The van der Waals surface area contributed by atoms with Crippen LogP contribution in [0.5, 0.6) is 0 Å². The summed E-state index contributed by atoms with van der Waals surface area (Å²) in [4.78, 5) is 22.0. The number of hydrogen-bond donors (Lipinski definition) is 1. The minimum absolute atomic E-state index is 0.234. The van der Waals surface area contributed by atoms with Crippen LogP contribution in [0.3, 0.4) is 0 Å². The highest BCUT2D eigenvalue weighted by atomic mass is 16.4. The summed E-state index contributed by atoms with van der Waals surface area (Å²) < 4.78 is 2.66. The molecule has 3 aliphatic heterocycles. The minimum atomic E-state index is -0.691. The predicted molar refractivity (Wildman–Crippen MR) is 155 cm³/mol. The lowest BCUT2D eigenvalue weighted by molar-refractivity contribution is -0.137. The molecule has 0 spiro atoms. The Morgan fingerprint density at radius 2 is 1.56 bits per heavy atom. The molecule has 1 N–H and O–H groups in total. The predicted octanol–water partition coefficient (Wildman–Crippen LogP) is 6.43. The Morgan fingerprint density at radius 1 is 0.821 bits per heavy atom. The summed E-state index contributed by atoms with van der Waals surface area (Å²) in [5.74, 6) is 2.51. The quantitative estimate of drug-likeness (QED) is 0.445. The van der Waals surface area contributed by atoms with Gasteiger partial charge in [-0.15, -0.1) is 0 Å². The average molecular weight is 533 g/mol. The molecule has 7 atom stereocenters. The molecule has 2 aromatic rings. The first-order valence-corrected chi connectivity index (χ1v) is 16.3. The van der Waals surface area contributed by atoms with Gasteiger partial charge in [0.25, 0.3) is 0 Å². The fourth-order valence-electron chi connectivity index (χ4n) is 9.82. The number of imidazole rings is 1. The number of rotatable bonds is 7. The molecule has 0 amide bonds. The zero-order valence-electron chi connectivity index (χ0n) is 23.7. The molecule has 5 fully saturated rings. The molecule has 3 saturated heterocycles.